The van der Waals surface area contributed by atoms with Crippen molar-refractivity contribution >= 4 is 33.1 Å². The number of fused-ring (bicyclic) bond motifs is 1. The summed E-state index contributed by atoms with van der Waals surface area (Å²) in [6.07, 6.45) is 3.58. The first-order valence-corrected chi connectivity index (χ1v) is 10.6. The smallest absolute Gasteiger partial charge is 0.236 e. The van der Waals surface area contributed by atoms with E-state index in [4.69, 9.17) is 11.6 Å². The third kappa shape index (κ3) is 3.85. The Labute approximate surface area is 167 Å². The summed E-state index contributed by atoms with van der Waals surface area (Å²) in [5.41, 5.74) is 3.60. The number of sulfonamides is 1. The van der Waals surface area contributed by atoms with Crippen molar-refractivity contribution in [2.45, 2.75) is 12.7 Å². The molecule has 0 aliphatic carbocycles. The van der Waals surface area contributed by atoms with Crippen molar-refractivity contribution in [3.63, 3.8) is 0 Å². The lowest BCUT2D eigenvalue weighted by atomic mass is 10.1. The number of hydrogen-bond donors (Lipinski definition) is 1. The minimum absolute atomic E-state index is 0.158. The van der Waals surface area contributed by atoms with E-state index < -0.39 is 10.0 Å². The molecule has 8 heteroatoms. The lowest BCUT2D eigenvalue weighted by Gasteiger charge is -2.10. The minimum Gasteiger partial charge on any atom is -0.288 e. The average Bonchev–Trinajstić information content (AvgIpc) is 2.98. The maximum atomic E-state index is 12.6. The SMILES string of the molecule is Cc1c(-c2cccc(NS(=O)(=O)Cc3cccc(Cl)c3)c2)nc2ncccn12. The van der Waals surface area contributed by atoms with Gasteiger partial charge in [-0.05, 0) is 42.8 Å². The molecule has 28 heavy (non-hydrogen) atoms. The first kappa shape index (κ1) is 18.5. The molecular formula is C20H17ClN4O2S. The van der Waals surface area contributed by atoms with Crippen LogP contribution < -0.4 is 4.72 Å². The summed E-state index contributed by atoms with van der Waals surface area (Å²) >= 11 is 5.94. The second-order valence-electron chi connectivity index (χ2n) is 6.41. The lowest BCUT2D eigenvalue weighted by Crippen LogP contribution is -2.15. The topological polar surface area (TPSA) is 76.4 Å². The maximum absolute atomic E-state index is 12.6. The maximum Gasteiger partial charge on any atom is 0.236 e. The molecular weight excluding hydrogens is 396 g/mol. The zero-order valence-electron chi connectivity index (χ0n) is 15.0. The van der Waals surface area contributed by atoms with Gasteiger partial charge in [0.25, 0.3) is 0 Å². The molecule has 0 saturated heterocycles. The van der Waals surface area contributed by atoms with Gasteiger partial charge in [-0.3, -0.25) is 9.12 Å². The molecule has 4 aromatic rings. The number of benzene rings is 2. The monoisotopic (exact) mass is 412 g/mol. The van der Waals surface area contributed by atoms with Gasteiger partial charge >= 0.3 is 0 Å². The Morgan fingerprint density at radius 3 is 2.71 bits per heavy atom. The summed E-state index contributed by atoms with van der Waals surface area (Å²) in [6, 6.07) is 15.8. The third-order valence-electron chi connectivity index (χ3n) is 4.30. The van der Waals surface area contributed by atoms with Crippen LogP contribution in [0.3, 0.4) is 0 Å². The van der Waals surface area contributed by atoms with Crippen molar-refractivity contribution in [3.05, 3.63) is 83.3 Å². The molecule has 0 saturated carbocycles. The molecule has 4 rings (SSSR count). The van der Waals surface area contributed by atoms with Gasteiger partial charge in [0.15, 0.2) is 0 Å². The molecule has 0 aliphatic heterocycles. The molecule has 0 unspecified atom stereocenters. The average molecular weight is 413 g/mol. The van der Waals surface area contributed by atoms with E-state index in [2.05, 4.69) is 14.7 Å². The van der Waals surface area contributed by atoms with Crippen molar-refractivity contribution in [3.8, 4) is 11.3 Å². The summed E-state index contributed by atoms with van der Waals surface area (Å²) in [5.74, 6) is 0.441. The number of halogens is 1. The van der Waals surface area contributed by atoms with Crippen LogP contribution in [0.4, 0.5) is 5.69 Å². The Kier molecular flexibility index (Phi) is 4.78. The standard InChI is InChI=1S/C20H17ClN4O2S/c1-14-19(23-20-22-9-4-10-25(14)20)16-6-3-8-18(12-16)24-28(26,27)13-15-5-2-7-17(21)11-15/h2-12,24H,13H2,1H3. The van der Waals surface area contributed by atoms with Crippen LogP contribution in [0, 0.1) is 6.92 Å². The van der Waals surface area contributed by atoms with Crippen molar-refractivity contribution in [2.75, 3.05) is 4.72 Å². The third-order valence-corrected chi connectivity index (χ3v) is 5.79. The summed E-state index contributed by atoms with van der Waals surface area (Å²) in [4.78, 5) is 8.81. The van der Waals surface area contributed by atoms with Gasteiger partial charge in [-0.1, -0.05) is 35.9 Å². The fourth-order valence-corrected chi connectivity index (χ4v) is 4.46. The van der Waals surface area contributed by atoms with Crippen molar-refractivity contribution in [1.82, 2.24) is 14.4 Å². The molecule has 0 aliphatic rings. The van der Waals surface area contributed by atoms with Crippen LogP contribution in [0.25, 0.3) is 17.0 Å². The molecule has 1 N–H and O–H groups in total. The van der Waals surface area contributed by atoms with E-state index >= 15 is 0 Å². The van der Waals surface area contributed by atoms with E-state index in [1.54, 1.807) is 48.7 Å². The molecule has 6 nitrogen and oxygen atoms in total. The fourth-order valence-electron chi connectivity index (χ4n) is 3.07. The largest absolute Gasteiger partial charge is 0.288 e. The van der Waals surface area contributed by atoms with Crippen molar-refractivity contribution in [1.29, 1.82) is 0 Å². The zero-order chi connectivity index (χ0) is 19.7. The number of rotatable bonds is 5. The molecule has 0 spiro atoms. The van der Waals surface area contributed by atoms with Crippen LogP contribution in [0.5, 0.6) is 0 Å². The van der Waals surface area contributed by atoms with E-state index in [1.165, 1.54) is 0 Å². The van der Waals surface area contributed by atoms with E-state index in [-0.39, 0.29) is 5.75 Å². The molecule has 0 amide bonds. The minimum atomic E-state index is -3.58. The van der Waals surface area contributed by atoms with Gasteiger partial charge in [0.2, 0.25) is 15.8 Å². The van der Waals surface area contributed by atoms with Gasteiger partial charge in [-0.15, -0.1) is 0 Å². The number of anilines is 1. The fraction of sp³-hybridized carbons (Fsp3) is 0.100. The number of nitrogens with one attached hydrogen (secondary N) is 1. The Hall–Kier alpha value is -2.90. The van der Waals surface area contributed by atoms with E-state index in [1.807, 2.05) is 29.7 Å². The summed E-state index contributed by atoms with van der Waals surface area (Å²) in [5, 5.41) is 0.505. The first-order chi connectivity index (χ1) is 13.4. The van der Waals surface area contributed by atoms with Crippen LogP contribution in [-0.4, -0.2) is 22.8 Å². The highest BCUT2D eigenvalue weighted by molar-refractivity contribution is 7.91. The van der Waals surface area contributed by atoms with E-state index in [0.717, 1.165) is 17.0 Å². The van der Waals surface area contributed by atoms with E-state index in [9.17, 15) is 8.42 Å². The van der Waals surface area contributed by atoms with Gasteiger partial charge < -0.3 is 0 Å². The Bertz CT molecular complexity index is 1270. The van der Waals surface area contributed by atoms with Gasteiger partial charge in [-0.2, -0.15) is 0 Å². The molecule has 2 aromatic heterocycles. The Morgan fingerprint density at radius 1 is 1.11 bits per heavy atom. The predicted molar refractivity (Wildman–Crippen MR) is 111 cm³/mol. The number of hydrogen-bond acceptors (Lipinski definition) is 4. The normalized spacial score (nSPS) is 11.6. The second-order valence-corrected chi connectivity index (χ2v) is 8.57. The molecule has 0 atom stereocenters. The molecule has 0 bridgehead atoms. The van der Waals surface area contributed by atoms with Crippen molar-refractivity contribution in [2.24, 2.45) is 0 Å². The Balaban J connectivity index is 1.62. The zero-order valence-corrected chi connectivity index (χ0v) is 16.6. The summed E-state index contributed by atoms with van der Waals surface area (Å²) in [6.45, 7) is 1.95. The highest BCUT2D eigenvalue weighted by Crippen LogP contribution is 2.26. The van der Waals surface area contributed by atoms with Gasteiger partial charge in [0.1, 0.15) is 0 Å². The van der Waals surface area contributed by atoms with Gasteiger partial charge in [0.05, 0.1) is 11.4 Å². The Morgan fingerprint density at radius 2 is 1.93 bits per heavy atom. The quantitative estimate of drug-likeness (QED) is 0.530. The summed E-state index contributed by atoms with van der Waals surface area (Å²) < 4.78 is 29.6. The molecule has 2 aromatic carbocycles. The van der Waals surface area contributed by atoms with Crippen molar-refractivity contribution < 1.29 is 8.42 Å². The van der Waals surface area contributed by atoms with Gasteiger partial charge in [-0.25, -0.2) is 18.4 Å². The molecule has 2 heterocycles. The highest BCUT2D eigenvalue weighted by atomic mass is 35.5. The van der Waals surface area contributed by atoms with Crippen LogP contribution in [0.2, 0.25) is 5.02 Å². The van der Waals surface area contributed by atoms with Gasteiger partial charge in [0, 0.05) is 34.4 Å². The van der Waals surface area contributed by atoms with E-state index in [0.29, 0.717) is 22.1 Å². The highest BCUT2D eigenvalue weighted by Gasteiger charge is 2.15. The van der Waals surface area contributed by atoms with Crippen LogP contribution in [0.15, 0.2) is 67.0 Å². The summed E-state index contributed by atoms with van der Waals surface area (Å²) in [7, 11) is -3.58. The van der Waals surface area contributed by atoms with Crippen LogP contribution in [0.1, 0.15) is 11.3 Å². The number of imidazole rings is 1. The molecule has 142 valence electrons. The molecule has 0 radical (unpaired) electrons. The number of nitrogens with zero attached hydrogens (tertiary/aromatic N) is 3. The number of aromatic nitrogens is 3. The molecule has 0 fully saturated rings. The number of aryl methyl sites for hydroxylation is 1. The lowest BCUT2D eigenvalue weighted by molar-refractivity contribution is 0.600. The second kappa shape index (κ2) is 7.26. The predicted octanol–water partition coefficient (Wildman–Crippen LogP) is 4.30. The van der Waals surface area contributed by atoms with Crippen LogP contribution in [-0.2, 0) is 15.8 Å². The van der Waals surface area contributed by atoms with Crippen LogP contribution >= 0.6 is 11.6 Å². The first-order valence-electron chi connectivity index (χ1n) is 8.56.